The summed E-state index contributed by atoms with van der Waals surface area (Å²) in [6.07, 6.45) is 15.8. The maximum absolute atomic E-state index is 3.71. The van der Waals surface area contributed by atoms with Gasteiger partial charge in [-0.05, 0) is 32.2 Å². The van der Waals surface area contributed by atoms with Crippen LogP contribution in [0.3, 0.4) is 0 Å². The van der Waals surface area contributed by atoms with Gasteiger partial charge in [-0.15, -0.1) is 0 Å². The molecule has 1 unspecified atom stereocenters. The normalized spacial score (nSPS) is 19.4. The zero-order valence-corrected chi connectivity index (χ0v) is 12.1. The quantitative estimate of drug-likeness (QED) is 0.564. The van der Waals surface area contributed by atoms with Crippen molar-refractivity contribution in [3.05, 3.63) is 0 Å². The molecule has 0 bridgehead atoms. The molecule has 0 heterocycles. The minimum absolute atomic E-state index is 0.732. The van der Waals surface area contributed by atoms with Gasteiger partial charge in [0.25, 0.3) is 0 Å². The van der Waals surface area contributed by atoms with Crippen molar-refractivity contribution in [2.45, 2.75) is 90.5 Å². The molecule has 102 valence electrons. The van der Waals surface area contributed by atoms with E-state index in [0.29, 0.717) is 0 Å². The molecule has 1 atom stereocenters. The Bertz CT molecular complexity index is 161. The van der Waals surface area contributed by atoms with Gasteiger partial charge in [-0.1, -0.05) is 64.7 Å². The molecule has 0 amide bonds. The second kappa shape index (κ2) is 9.94. The van der Waals surface area contributed by atoms with Gasteiger partial charge < -0.3 is 5.32 Å². The Balaban J connectivity index is 1.90. The summed E-state index contributed by atoms with van der Waals surface area (Å²) in [6.45, 7) is 5.89. The van der Waals surface area contributed by atoms with Gasteiger partial charge in [0.2, 0.25) is 0 Å². The molecule has 0 aromatic carbocycles. The first-order chi connectivity index (χ1) is 8.33. The van der Waals surface area contributed by atoms with Gasteiger partial charge in [-0.2, -0.15) is 0 Å². The molecule has 1 nitrogen and oxygen atoms in total. The second-order valence-corrected chi connectivity index (χ2v) is 6.00. The van der Waals surface area contributed by atoms with Gasteiger partial charge >= 0.3 is 0 Å². The van der Waals surface area contributed by atoms with Crippen molar-refractivity contribution >= 4 is 0 Å². The van der Waals surface area contributed by atoms with Gasteiger partial charge in [0.05, 0.1) is 0 Å². The van der Waals surface area contributed by atoms with E-state index in [2.05, 4.69) is 19.2 Å². The average Bonchev–Trinajstić information content (AvgIpc) is 2.36. The molecule has 0 aromatic heterocycles. The fourth-order valence-electron chi connectivity index (χ4n) is 2.99. The van der Waals surface area contributed by atoms with Gasteiger partial charge in [0, 0.05) is 6.04 Å². The number of unbranched alkanes of at least 4 members (excludes halogenated alkanes) is 3. The standard InChI is InChI=1S/C16H33N/c1-3-4-5-7-10-15(2)17-14-13-16-11-8-6-9-12-16/h15-17H,3-14H2,1-2H3. The highest BCUT2D eigenvalue weighted by Crippen LogP contribution is 2.25. The van der Waals surface area contributed by atoms with Crippen LogP contribution in [0.2, 0.25) is 0 Å². The van der Waals surface area contributed by atoms with Crippen LogP contribution in [0.4, 0.5) is 0 Å². The molecule has 0 saturated heterocycles. The van der Waals surface area contributed by atoms with Gasteiger partial charge in [-0.25, -0.2) is 0 Å². The Morgan fingerprint density at radius 1 is 1.06 bits per heavy atom. The predicted molar refractivity (Wildman–Crippen MR) is 77.4 cm³/mol. The lowest BCUT2D eigenvalue weighted by molar-refractivity contribution is 0.326. The largest absolute Gasteiger partial charge is 0.314 e. The molecule has 1 heteroatoms. The molecule has 0 spiro atoms. The van der Waals surface area contributed by atoms with E-state index in [1.165, 1.54) is 77.2 Å². The van der Waals surface area contributed by atoms with E-state index >= 15 is 0 Å². The minimum atomic E-state index is 0.732. The number of hydrogen-bond acceptors (Lipinski definition) is 1. The van der Waals surface area contributed by atoms with Crippen LogP contribution >= 0.6 is 0 Å². The van der Waals surface area contributed by atoms with Crippen molar-refractivity contribution in [1.29, 1.82) is 0 Å². The van der Waals surface area contributed by atoms with E-state index in [1.807, 2.05) is 0 Å². The van der Waals surface area contributed by atoms with Crippen LogP contribution in [0.5, 0.6) is 0 Å². The van der Waals surface area contributed by atoms with E-state index in [-0.39, 0.29) is 0 Å². The molecule has 0 radical (unpaired) electrons. The number of rotatable bonds is 9. The van der Waals surface area contributed by atoms with Crippen LogP contribution in [-0.4, -0.2) is 12.6 Å². The lowest BCUT2D eigenvalue weighted by Gasteiger charge is -2.22. The van der Waals surface area contributed by atoms with Crippen LogP contribution in [0.25, 0.3) is 0 Å². The molecule has 1 rings (SSSR count). The van der Waals surface area contributed by atoms with Crippen molar-refractivity contribution in [2.24, 2.45) is 5.92 Å². The lowest BCUT2D eigenvalue weighted by atomic mass is 9.87. The molecule has 1 fully saturated rings. The van der Waals surface area contributed by atoms with Crippen molar-refractivity contribution in [3.63, 3.8) is 0 Å². The topological polar surface area (TPSA) is 12.0 Å². The maximum Gasteiger partial charge on any atom is 0.00387 e. The van der Waals surface area contributed by atoms with E-state index in [9.17, 15) is 0 Å². The van der Waals surface area contributed by atoms with Crippen molar-refractivity contribution in [2.75, 3.05) is 6.54 Å². The van der Waals surface area contributed by atoms with E-state index in [1.54, 1.807) is 0 Å². The third-order valence-electron chi connectivity index (χ3n) is 4.26. The molecule has 1 N–H and O–H groups in total. The molecular formula is C16H33N. The van der Waals surface area contributed by atoms with Gasteiger partial charge in [0.1, 0.15) is 0 Å². The van der Waals surface area contributed by atoms with E-state index in [0.717, 1.165) is 12.0 Å². The maximum atomic E-state index is 3.71. The summed E-state index contributed by atoms with van der Waals surface area (Å²) in [7, 11) is 0. The van der Waals surface area contributed by atoms with E-state index < -0.39 is 0 Å². The van der Waals surface area contributed by atoms with Crippen molar-refractivity contribution in [3.8, 4) is 0 Å². The minimum Gasteiger partial charge on any atom is -0.314 e. The molecule has 1 aliphatic carbocycles. The summed E-state index contributed by atoms with van der Waals surface area (Å²) in [5.74, 6) is 1.03. The molecule has 0 aromatic rings. The summed E-state index contributed by atoms with van der Waals surface area (Å²) in [4.78, 5) is 0. The number of nitrogens with one attached hydrogen (secondary N) is 1. The molecule has 1 saturated carbocycles. The zero-order valence-electron chi connectivity index (χ0n) is 12.1. The summed E-state index contributed by atoms with van der Waals surface area (Å²) < 4.78 is 0. The summed E-state index contributed by atoms with van der Waals surface area (Å²) in [6, 6.07) is 0.732. The lowest BCUT2D eigenvalue weighted by Crippen LogP contribution is -2.28. The average molecular weight is 239 g/mol. The Morgan fingerprint density at radius 2 is 1.82 bits per heavy atom. The van der Waals surface area contributed by atoms with Crippen LogP contribution in [-0.2, 0) is 0 Å². The summed E-state index contributed by atoms with van der Waals surface area (Å²) in [5.41, 5.74) is 0. The van der Waals surface area contributed by atoms with Crippen LogP contribution in [0.1, 0.15) is 84.5 Å². The smallest absolute Gasteiger partial charge is 0.00387 e. The van der Waals surface area contributed by atoms with Crippen LogP contribution in [0, 0.1) is 5.92 Å². The highest BCUT2D eigenvalue weighted by Gasteiger charge is 2.12. The number of hydrogen-bond donors (Lipinski definition) is 1. The summed E-state index contributed by atoms with van der Waals surface area (Å²) in [5, 5.41) is 3.71. The molecule has 1 aliphatic rings. The Kier molecular flexibility index (Phi) is 8.78. The SMILES string of the molecule is CCCCCCC(C)NCCC1CCCCC1. The first kappa shape index (κ1) is 15.0. The Morgan fingerprint density at radius 3 is 2.53 bits per heavy atom. The zero-order chi connectivity index (χ0) is 12.3. The Labute approximate surface area is 109 Å². The summed E-state index contributed by atoms with van der Waals surface area (Å²) >= 11 is 0. The molecule has 17 heavy (non-hydrogen) atoms. The highest BCUT2D eigenvalue weighted by atomic mass is 14.9. The fraction of sp³-hybridized carbons (Fsp3) is 1.00. The van der Waals surface area contributed by atoms with Crippen molar-refractivity contribution < 1.29 is 0 Å². The third kappa shape index (κ3) is 7.81. The first-order valence-electron chi connectivity index (χ1n) is 8.06. The van der Waals surface area contributed by atoms with Crippen LogP contribution < -0.4 is 5.32 Å². The van der Waals surface area contributed by atoms with Crippen LogP contribution in [0.15, 0.2) is 0 Å². The predicted octanol–water partition coefficient (Wildman–Crippen LogP) is 4.91. The van der Waals surface area contributed by atoms with Crippen molar-refractivity contribution in [1.82, 2.24) is 5.32 Å². The first-order valence-corrected chi connectivity index (χ1v) is 8.06. The van der Waals surface area contributed by atoms with E-state index in [4.69, 9.17) is 0 Å². The second-order valence-electron chi connectivity index (χ2n) is 6.00. The van der Waals surface area contributed by atoms with Gasteiger partial charge in [-0.3, -0.25) is 0 Å². The Hall–Kier alpha value is -0.0400. The fourth-order valence-corrected chi connectivity index (χ4v) is 2.99. The molecular weight excluding hydrogens is 206 g/mol. The third-order valence-corrected chi connectivity index (χ3v) is 4.26. The highest BCUT2D eigenvalue weighted by molar-refractivity contribution is 4.68. The molecule has 0 aliphatic heterocycles. The van der Waals surface area contributed by atoms with Gasteiger partial charge in [0.15, 0.2) is 0 Å². The monoisotopic (exact) mass is 239 g/mol.